The van der Waals surface area contributed by atoms with Gasteiger partial charge in [0.05, 0.1) is 0 Å². The first-order valence-electron chi connectivity index (χ1n) is 7.17. The molecule has 0 unspecified atom stereocenters. The first kappa shape index (κ1) is 15.5. The Morgan fingerprint density at radius 2 is 1.71 bits per heavy atom. The van der Waals surface area contributed by atoms with Crippen molar-refractivity contribution in [1.29, 1.82) is 0 Å². The molecule has 0 aliphatic carbocycles. The molecule has 2 atom stereocenters. The molecule has 1 aromatic carbocycles. The average molecular weight is 290 g/mol. The van der Waals surface area contributed by atoms with E-state index in [4.69, 9.17) is 0 Å². The molecule has 2 rings (SSSR count). The molecule has 5 heteroatoms. The van der Waals surface area contributed by atoms with Gasteiger partial charge in [-0.1, -0.05) is 44.2 Å². The Labute approximate surface area is 124 Å². The number of carbonyl (C=O) groups excluding carboxylic acids is 2. The van der Waals surface area contributed by atoms with Crippen molar-refractivity contribution in [2.24, 2.45) is 5.92 Å². The second kappa shape index (κ2) is 5.48. The summed E-state index contributed by atoms with van der Waals surface area (Å²) in [6.07, 6.45) is 0.565. The van der Waals surface area contributed by atoms with Gasteiger partial charge in [-0.05, 0) is 24.8 Å². The minimum atomic E-state index is -1.89. The predicted molar refractivity (Wildman–Crippen MR) is 79.2 cm³/mol. The number of aliphatic hydroxyl groups is 1. The largest absolute Gasteiger partial charge is 0.363 e. The summed E-state index contributed by atoms with van der Waals surface area (Å²) in [4.78, 5) is 24.6. The molecule has 0 spiro atoms. The van der Waals surface area contributed by atoms with Gasteiger partial charge < -0.3 is 15.7 Å². The minimum Gasteiger partial charge on any atom is -0.363 e. The molecule has 5 nitrogen and oxygen atoms in total. The molecule has 2 amide bonds. The normalized spacial score (nSPS) is 29.2. The van der Waals surface area contributed by atoms with Crippen LogP contribution in [0.3, 0.4) is 0 Å². The Balaban J connectivity index is 2.18. The highest BCUT2D eigenvalue weighted by atomic mass is 16.3. The zero-order valence-corrected chi connectivity index (χ0v) is 12.6. The van der Waals surface area contributed by atoms with Crippen LogP contribution in [0, 0.1) is 5.92 Å². The predicted octanol–water partition coefficient (Wildman–Crippen LogP) is 0.968. The number of carbonyl (C=O) groups is 2. The van der Waals surface area contributed by atoms with Crippen LogP contribution in [-0.4, -0.2) is 28.2 Å². The lowest BCUT2D eigenvalue weighted by molar-refractivity contribution is -0.162. The van der Waals surface area contributed by atoms with Gasteiger partial charge in [-0.15, -0.1) is 0 Å². The summed E-state index contributed by atoms with van der Waals surface area (Å²) < 4.78 is 0. The average Bonchev–Trinajstić information content (AvgIpc) is 2.37. The highest BCUT2D eigenvalue weighted by molar-refractivity contribution is 6.01. The van der Waals surface area contributed by atoms with E-state index in [0.717, 1.165) is 5.56 Å². The van der Waals surface area contributed by atoms with Crippen molar-refractivity contribution in [3.63, 3.8) is 0 Å². The van der Waals surface area contributed by atoms with Crippen LogP contribution in [0.25, 0.3) is 0 Å². The molecule has 3 N–H and O–H groups in total. The Kier molecular flexibility index (Phi) is 4.05. The summed E-state index contributed by atoms with van der Waals surface area (Å²) in [6.45, 7) is 5.65. The number of nitrogens with one attached hydrogen (secondary N) is 2. The molecule has 0 radical (unpaired) electrons. The summed E-state index contributed by atoms with van der Waals surface area (Å²) in [5, 5.41) is 15.7. The van der Waals surface area contributed by atoms with Crippen molar-refractivity contribution in [1.82, 2.24) is 10.6 Å². The van der Waals surface area contributed by atoms with Gasteiger partial charge in [-0.25, -0.2) is 0 Å². The number of amides is 2. The summed E-state index contributed by atoms with van der Waals surface area (Å²) in [5.41, 5.74) is -2.09. The number of piperazine rings is 1. The molecule has 114 valence electrons. The van der Waals surface area contributed by atoms with Gasteiger partial charge >= 0.3 is 0 Å². The minimum absolute atomic E-state index is 0.0448. The van der Waals surface area contributed by atoms with Crippen LogP contribution >= 0.6 is 0 Å². The van der Waals surface area contributed by atoms with Gasteiger partial charge in [0.1, 0.15) is 5.54 Å². The standard InChI is InChI=1S/C16H22N2O3/c1-11(2)9-15(3)13(19)18-16(21,14(20)17-15)10-12-7-5-4-6-8-12/h4-8,11,21H,9-10H2,1-3H3,(H,17,20)(H,18,19)/t15-,16+/m0/s1. The van der Waals surface area contributed by atoms with Crippen molar-refractivity contribution in [3.05, 3.63) is 35.9 Å². The van der Waals surface area contributed by atoms with E-state index in [1.807, 2.05) is 32.0 Å². The molecule has 21 heavy (non-hydrogen) atoms. The quantitative estimate of drug-likeness (QED) is 0.773. The zero-order chi connectivity index (χ0) is 15.7. The molecule has 1 aromatic rings. The Hall–Kier alpha value is -1.88. The maximum Gasteiger partial charge on any atom is 0.274 e. The van der Waals surface area contributed by atoms with Crippen LogP contribution in [0.5, 0.6) is 0 Å². The molecule has 1 aliphatic rings. The smallest absolute Gasteiger partial charge is 0.274 e. The summed E-state index contributed by atoms with van der Waals surface area (Å²) in [7, 11) is 0. The number of rotatable bonds is 4. The molecular formula is C16H22N2O3. The number of benzene rings is 1. The summed E-state index contributed by atoms with van der Waals surface area (Å²) >= 11 is 0. The first-order chi connectivity index (χ1) is 9.75. The molecule has 1 heterocycles. The van der Waals surface area contributed by atoms with Crippen molar-refractivity contribution in [3.8, 4) is 0 Å². The lowest BCUT2D eigenvalue weighted by Crippen LogP contribution is -2.75. The van der Waals surface area contributed by atoms with Crippen LogP contribution in [0.2, 0.25) is 0 Å². The van der Waals surface area contributed by atoms with Crippen LogP contribution in [0.15, 0.2) is 30.3 Å². The van der Waals surface area contributed by atoms with E-state index in [0.29, 0.717) is 6.42 Å². The SMILES string of the molecule is CC(C)C[C@]1(C)NC(=O)[C@](O)(Cc2ccccc2)NC1=O. The Bertz CT molecular complexity index is 544. The maximum absolute atomic E-state index is 12.3. The van der Waals surface area contributed by atoms with Gasteiger partial charge in [0, 0.05) is 6.42 Å². The molecule has 1 saturated heterocycles. The highest BCUT2D eigenvalue weighted by Crippen LogP contribution is 2.24. The van der Waals surface area contributed by atoms with Crippen molar-refractivity contribution in [2.75, 3.05) is 0 Å². The third kappa shape index (κ3) is 3.24. The lowest BCUT2D eigenvalue weighted by Gasteiger charge is -2.42. The van der Waals surface area contributed by atoms with Gasteiger partial charge in [-0.3, -0.25) is 9.59 Å². The Morgan fingerprint density at radius 3 is 2.29 bits per heavy atom. The van der Waals surface area contributed by atoms with E-state index in [1.54, 1.807) is 19.1 Å². The molecule has 1 fully saturated rings. The van der Waals surface area contributed by atoms with E-state index in [1.165, 1.54) is 0 Å². The molecule has 1 aliphatic heterocycles. The zero-order valence-electron chi connectivity index (χ0n) is 12.6. The van der Waals surface area contributed by atoms with E-state index in [-0.39, 0.29) is 18.2 Å². The van der Waals surface area contributed by atoms with Crippen LogP contribution < -0.4 is 10.6 Å². The van der Waals surface area contributed by atoms with E-state index < -0.39 is 17.2 Å². The fourth-order valence-corrected chi connectivity index (χ4v) is 2.77. The fourth-order valence-electron chi connectivity index (χ4n) is 2.77. The van der Waals surface area contributed by atoms with Crippen molar-refractivity contribution >= 4 is 11.8 Å². The van der Waals surface area contributed by atoms with Gasteiger partial charge in [0.15, 0.2) is 0 Å². The summed E-state index contributed by atoms with van der Waals surface area (Å²) in [6, 6.07) is 9.11. The molecule has 0 bridgehead atoms. The maximum atomic E-state index is 12.3. The number of hydrogen-bond donors (Lipinski definition) is 3. The molecule has 0 aromatic heterocycles. The molecular weight excluding hydrogens is 268 g/mol. The van der Waals surface area contributed by atoms with Crippen LogP contribution in [0.4, 0.5) is 0 Å². The Morgan fingerprint density at radius 1 is 1.10 bits per heavy atom. The second-order valence-corrected chi connectivity index (χ2v) is 6.36. The van der Waals surface area contributed by atoms with E-state index in [2.05, 4.69) is 10.6 Å². The van der Waals surface area contributed by atoms with Crippen molar-refractivity contribution < 1.29 is 14.7 Å². The lowest BCUT2D eigenvalue weighted by atomic mass is 9.85. The fraction of sp³-hybridized carbons (Fsp3) is 0.500. The van der Waals surface area contributed by atoms with Gasteiger partial charge in [-0.2, -0.15) is 0 Å². The van der Waals surface area contributed by atoms with Crippen LogP contribution in [0.1, 0.15) is 32.8 Å². The third-order valence-corrected chi connectivity index (χ3v) is 3.71. The summed E-state index contributed by atoms with van der Waals surface area (Å²) in [5.74, 6) is -0.662. The topological polar surface area (TPSA) is 78.4 Å². The third-order valence-electron chi connectivity index (χ3n) is 3.71. The number of hydrogen-bond acceptors (Lipinski definition) is 3. The van der Waals surface area contributed by atoms with Gasteiger partial charge in [0.25, 0.3) is 5.91 Å². The van der Waals surface area contributed by atoms with Gasteiger partial charge in [0.2, 0.25) is 11.6 Å². The van der Waals surface area contributed by atoms with E-state index in [9.17, 15) is 14.7 Å². The monoisotopic (exact) mass is 290 g/mol. The molecule has 0 saturated carbocycles. The van der Waals surface area contributed by atoms with E-state index >= 15 is 0 Å². The first-order valence-corrected chi connectivity index (χ1v) is 7.17. The van der Waals surface area contributed by atoms with Crippen LogP contribution in [-0.2, 0) is 16.0 Å². The highest BCUT2D eigenvalue weighted by Gasteiger charge is 2.50. The van der Waals surface area contributed by atoms with Crippen molar-refractivity contribution in [2.45, 2.75) is 44.9 Å². The second-order valence-electron chi connectivity index (χ2n) is 6.36.